The predicted molar refractivity (Wildman–Crippen MR) is 89.2 cm³/mol. The van der Waals surface area contributed by atoms with Crippen molar-refractivity contribution in [3.8, 4) is 0 Å². The Morgan fingerprint density at radius 1 is 1.21 bits per heavy atom. The van der Waals surface area contributed by atoms with E-state index in [9.17, 15) is 14.0 Å². The molecule has 1 aliphatic carbocycles. The summed E-state index contributed by atoms with van der Waals surface area (Å²) in [6, 6.07) is -0.516. The SMILES string of the molecule is CC(C)(C)OC(=O)N[C@H](C(=O)N1CC[C@@H](F)C1)[C@H]1CC[C@H](N)CC1. The topological polar surface area (TPSA) is 84.7 Å². The number of nitrogens with one attached hydrogen (secondary N) is 1. The Morgan fingerprint density at radius 2 is 1.83 bits per heavy atom. The molecule has 1 aliphatic heterocycles. The van der Waals surface area contributed by atoms with Crippen LogP contribution in [0, 0.1) is 5.92 Å². The maximum atomic E-state index is 13.5. The van der Waals surface area contributed by atoms with E-state index in [4.69, 9.17) is 10.5 Å². The van der Waals surface area contributed by atoms with Gasteiger partial charge >= 0.3 is 6.09 Å². The Labute approximate surface area is 143 Å². The van der Waals surface area contributed by atoms with Crippen molar-refractivity contribution in [1.29, 1.82) is 0 Å². The Bertz CT molecular complexity index is 458. The molecule has 6 nitrogen and oxygen atoms in total. The second kappa shape index (κ2) is 7.68. The number of hydrogen-bond acceptors (Lipinski definition) is 4. The lowest BCUT2D eigenvalue weighted by atomic mass is 9.81. The van der Waals surface area contributed by atoms with E-state index in [2.05, 4.69) is 5.32 Å². The highest BCUT2D eigenvalue weighted by atomic mass is 19.1. The second-order valence-corrected chi connectivity index (χ2v) is 7.97. The summed E-state index contributed by atoms with van der Waals surface area (Å²) in [7, 11) is 0. The van der Waals surface area contributed by atoms with Crippen LogP contribution in [0.15, 0.2) is 0 Å². The molecule has 0 bridgehead atoms. The molecule has 0 aromatic heterocycles. The molecule has 0 spiro atoms. The number of nitrogens with zero attached hydrogens (tertiary/aromatic N) is 1. The van der Waals surface area contributed by atoms with Crippen LogP contribution in [-0.4, -0.2) is 53.8 Å². The number of halogens is 1. The first kappa shape index (κ1) is 19.0. The number of likely N-dealkylation sites (tertiary alicyclic amines) is 1. The van der Waals surface area contributed by atoms with Gasteiger partial charge in [0.05, 0.1) is 6.54 Å². The molecule has 2 atom stereocenters. The van der Waals surface area contributed by atoms with Gasteiger partial charge in [-0.25, -0.2) is 9.18 Å². The minimum Gasteiger partial charge on any atom is -0.444 e. The molecule has 0 unspecified atom stereocenters. The van der Waals surface area contributed by atoms with E-state index in [1.807, 2.05) is 0 Å². The molecule has 2 aliphatic rings. The van der Waals surface area contributed by atoms with Gasteiger partial charge in [-0.15, -0.1) is 0 Å². The number of carbonyl (C=O) groups excluding carboxylic acids is 2. The van der Waals surface area contributed by atoms with Gasteiger partial charge in [0.25, 0.3) is 0 Å². The lowest BCUT2D eigenvalue weighted by Crippen LogP contribution is -2.53. The van der Waals surface area contributed by atoms with Crippen molar-refractivity contribution in [2.24, 2.45) is 11.7 Å². The lowest BCUT2D eigenvalue weighted by molar-refractivity contribution is -0.134. The monoisotopic (exact) mass is 343 g/mol. The minimum atomic E-state index is -0.976. The van der Waals surface area contributed by atoms with Crippen LogP contribution in [0.2, 0.25) is 0 Å². The van der Waals surface area contributed by atoms with Crippen molar-refractivity contribution in [3.05, 3.63) is 0 Å². The second-order valence-electron chi connectivity index (χ2n) is 7.97. The largest absolute Gasteiger partial charge is 0.444 e. The van der Waals surface area contributed by atoms with Gasteiger partial charge in [-0.05, 0) is 58.8 Å². The Kier molecular flexibility index (Phi) is 6.06. The van der Waals surface area contributed by atoms with Crippen molar-refractivity contribution < 1.29 is 18.7 Å². The van der Waals surface area contributed by atoms with Crippen molar-refractivity contribution in [3.63, 3.8) is 0 Å². The zero-order chi connectivity index (χ0) is 17.9. The summed E-state index contributed by atoms with van der Waals surface area (Å²) in [6.45, 7) is 5.84. The van der Waals surface area contributed by atoms with Gasteiger partial charge < -0.3 is 20.7 Å². The van der Waals surface area contributed by atoms with Crippen LogP contribution in [0.3, 0.4) is 0 Å². The van der Waals surface area contributed by atoms with Gasteiger partial charge in [0.15, 0.2) is 0 Å². The molecular weight excluding hydrogens is 313 g/mol. The van der Waals surface area contributed by atoms with Crippen molar-refractivity contribution in [1.82, 2.24) is 10.2 Å². The van der Waals surface area contributed by atoms with E-state index >= 15 is 0 Å². The number of rotatable bonds is 3. The van der Waals surface area contributed by atoms with Gasteiger partial charge in [-0.2, -0.15) is 0 Å². The Morgan fingerprint density at radius 3 is 2.33 bits per heavy atom. The first-order valence-electron chi connectivity index (χ1n) is 8.83. The highest BCUT2D eigenvalue weighted by Crippen LogP contribution is 2.28. The number of carbonyl (C=O) groups is 2. The Hall–Kier alpha value is -1.37. The number of amides is 2. The first-order valence-corrected chi connectivity index (χ1v) is 8.83. The number of nitrogens with two attached hydrogens (primary N) is 1. The van der Waals surface area contributed by atoms with Crippen LogP contribution in [0.5, 0.6) is 0 Å². The molecule has 2 fully saturated rings. The summed E-state index contributed by atoms with van der Waals surface area (Å²) in [5, 5.41) is 2.73. The van der Waals surface area contributed by atoms with E-state index in [1.54, 1.807) is 20.8 Å². The fourth-order valence-corrected chi connectivity index (χ4v) is 3.41. The van der Waals surface area contributed by atoms with Gasteiger partial charge in [-0.1, -0.05) is 0 Å². The van der Waals surface area contributed by atoms with Crippen LogP contribution in [0.25, 0.3) is 0 Å². The number of alkyl halides is 1. The van der Waals surface area contributed by atoms with Gasteiger partial charge in [-0.3, -0.25) is 4.79 Å². The molecule has 0 aromatic rings. The van der Waals surface area contributed by atoms with Gasteiger partial charge in [0.2, 0.25) is 5.91 Å². The highest BCUT2D eigenvalue weighted by molar-refractivity contribution is 5.86. The molecule has 24 heavy (non-hydrogen) atoms. The fourth-order valence-electron chi connectivity index (χ4n) is 3.41. The molecule has 1 saturated heterocycles. The summed E-state index contributed by atoms with van der Waals surface area (Å²) in [5.41, 5.74) is 5.31. The lowest BCUT2D eigenvalue weighted by Gasteiger charge is -2.34. The van der Waals surface area contributed by atoms with Crippen molar-refractivity contribution >= 4 is 12.0 Å². The number of hydrogen-bond donors (Lipinski definition) is 2. The summed E-state index contributed by atoms with van der Waals surface area (Å²) in [5.74, 6) is -0.190. The Balaban J connectivity index is 2.06. The molecule has 1 heterocycles. The van der Waals surface area contributed by atoms with Gasteiger partial charge in [0, 0.05) is 12.6 Å². The quantitative estimate of drug-likeness (QED) is 0.820. The molecule has 0 radical (unpaired) electrons. The zero-order valence-corrected chi connectivity index (χ0v) is 14.9. The molecule has 3 N–H and O–H groups in total. The molecule has 2 rings (SSSR count). The zero-order valence-electron chi connectivity index (χ0n) is 14.9. The summed E-state index contributed by atoms with van der Waals surface area (Å²) < 4.78 is 18.7. The van der Waals surface area contributed by atoms with E-state index < -0.39 is 23.9 Å². The molecule has 7 heteroatoms. The summed E-state index contributed by atoms with van der Waals surface area (Å²) in [4.78, 5) is 26.5. The molecule has 0 aromatic carbocycles. The third-order valence-corrected chi connectivity index (χ3v) is 4.67. The van der Waals surface area contributed by atoms with E-state index in [1.165, 1.54) is 4.90 Å². The summed E-state index contributed by atoms with van der Waals surface area (Å²) in [6.07, 6.45) is 2.00. The van der Waals surface area contributed by atoms with Gasteiger partial charge in [0.1, 0.15) is 17.8 Å². The fraction of sp³-hybridized carbons (Fsp3) is 0.882. The summed E-state index contributed by atoms with van der Waals surface area (Å²) >= 11 is 0. The van der Waals surface area contributed by atoms with E-state index in [-0.39, 0.29) is 24.4 Å². The van der Waals surface area contributed by atoms with Crippen molar-refractivity contribution in [2.75, 3.05) is 13.1 Å². The maximum absolute atomic E-state index is 13.5. The normalized spacial score (nSPS) is 29.2. The smallest absolute Gasteiger partial charge is 0.408 e. The maximum Gasteiger partial charge on any atom is 0.408 e. The first-order chi connectivity index (χ1) is 11.2. The van der Waals surface area contributed by atoms with Crippen LogP contribution in [0.4, 0.5) is 9.18 Å². The predicted octanol–water partition coefficient (Wildman–Crippen LogP) is 1.97. The minimum absolute atomic E-state index is 0.0171. The third-order valence-electron chi connectivity index (χ3n) is 4.67. The highest BCUT2D eigenvalue weighted by Gasteiger charge is 2.38. The van der Waals surface area contributed by atoms with E-state index in [0.717, 1.165) is 25.7 Å². The molecule has 1 saturated carbocycles. The van der Waals surface area contributed by atoms with Crippen molar-refractivity contribution in [2.45, 2.75) is 76.7 Å². The average molecular weight is 343 g/mol. The average Bonchev–Trinajstić information content (AvgIpc) is 2.90. The van der Waals surface area contributed by atoms with Crippen LogP contribution >= 0.6 is 0 Å². The third kappa shape index (κ3) is 5.33. The number of alkyl carbamates (subject to hydrolysis) is 1. The van der Waals surface area contributed by atoms with Crippen LogP contribution in [-0.2, 0) is 9.53 Å². The van der Waals surface area contributed by atoms with E-state index in [0.29, 0.717) is 13.0 Å². The van der Waals surface area contributed by atoms with Crippen LogP contribution in [0.1, 0.15) is 52.9 Å². The molecule has 2 amide bonds. The van der Waals surface area contributed by atoms with Crippen LogP contribution < -0.4 is 11.1 Å². The number of ether oxygens (including phenoxy) is 1. The standard InChI is InChI=1S/C17H30FN3O3/c1-17(2,3)24-16(23)20-14(11-4-6-13(19)7-5-11)15(22)21-9-8-12(18)10-21/h11-14H,4-10,19H2,1-3H3,(H,20,23)/t11-,12-,13-,14+/m1/s1. The molecular formula is C17H30FN3O3. The molecule has 138 valence electrons.